The lowest BCUT2D eigenvalue weighted by molar-refractivity contribution is -0.119. The van der Waals surface area contributed by atoms with Gasteiger partial charge in [0.1, 0.15) is 0 Å². The molecule has 2 aromatic heterocycles. The Morgan fingerprint density at radius 3 is 2.70 bits per heavy atom. The van der Waals surface area contributed by atoms with Crippen LogP contribution in [0.15, 0.2) is 54.0 Å². The van der Waals surface area contributed by atoms with Crippen molar-refractivity contribution in [3.63, 3.8) is 0 Å². The van der Waals surface area contributed by atoms with Crippen LogP contribution in [0.4, 0.5) is 10.5 Å². The van der Waals surface area contributed by atoms with Crippen molar-refractivity contribution in [3.8, 4) is 11.9 Å². The Labute approximate surface area is 235 Å². The van der Waals surface area contributed by atoms with E-state index in [4.69, 9.17) is 4.74 Å². The van der Waals surface area contributed by atoms with Crippen LogP contribution < -0.4 is 30.9 Å². The minimum atomic E-state index is -0.299. The number of nitrogens with zero attached hydrogens (tertiary/aromatic N) is 4. The summed E-state index contributed by atoms with van der Waals surface area (Å²) in [5.41, 5.74) is 2.15. The number of nitrogens with one attached hydrogen (secondary N) is 4. The van der Waals surface area contributed by atoms with Gasteiger partial charge < -0.3 is 26.0 Å². The molecule has 2 saturated heterocycles. The van der Waals surface area contributed by atoms with E-state index in [1.165, 1.54) is 17.8 Å². The van der Waals surface area contributed by atoms with E-state index < -0.39 is 0 Å². The number of carbonyl (C=O) groups is 3. The predicted octanol–water partition coefficient (Wildman–Crippen LogP) is 2.10. The van der Waals surface area contributed by atoms with Gasteiger partial charge in [-0.15, -0.1) is 0 Å². The second-order valence-corrected chi connectivity index (χ2v) is 11.3. The molecule has 0 aromatic carbocycles. The van der Waals surface area contributed by atoms with Gasteiger partial charge in [-0.3, -0.25) is 14.5 Å². The minimum Gasteiger partial charge on any atom is -0.405 e. The molecule has 5 heterocycles. The fourth-order valence-corrected chi connectivity index (χ4v) is 7.35. The van der Waals surface area contributed by atoms with E-state index in [1.54, 1.807) is 35.6 Å². The number of pyridine rings is 1. The Balaban J connectivity index is 1.22. The quantitative estimate of drug-likeness (QED) is 0.372. The molecule has 3 aliphatic heterocycles. The lowest BCUT2D eigenvalue weighted by atomic mass is 9.86. The van der Waals surface area contributed by atoms with Crippen LogP contribution in [0.25, 0.3) is 0 Å². The van der Waals surface area contributed by atoms with E-state index in [1.807, 2.05) is 6.92 Å². The number of ether oxygens (including phenoxy) is 1. The largest absolute Gasteiger partial charge is 0.405 e. The van der Waals surface area contributed by atoms with Gasteiger partial charge >= 0.3 is 12.0 Å². The molecule has 3 unspecified atom stereocenters. The first kappa shape index (κ1) is 26.3. The maximum atomic E-state index is 13.6. The molecule has 6 rings (SSSR count). The Bertz CT molecular complexity index is 1390. The number of aromatic nitrogens is 3. The summed E-state index contributed by atoms with van der Waals surface area (Å²) in [6.45, 7) is 6.12. The third-order valence-corrected chi connectivity index (χ3v) is 9.10. The molecule has 12 nitrogen and oxygen atoms in total. The number of thioether (sulfide) groups is 1. The van der Waals surface area contributed by atoms with E-state index in [-0.39, 0.29) is 53.3 Å². The number of piperidine rings is 1. The zero-order valence-corrected chi connectivity index (χ0v) is 22.7. The molecule has 0 radical (unpaired) electrons. The SMILES string of the molecule is C=CC(=O)N[C@H]1CCC[C@H]1NC(=O)C1=C2NC(=O)N(c3cnc(Oc4ncccn4)cc3C)C3CCNC(S1)C23. The highest BCUT2D eigenvalue weighted by molar-refractivity contribution is 8.04. The van der Waals surface area contributed by atoms with Gasteiger partial charge in [-0.1, -0.05) is 18.3 Å². The van der Waals surface area contributed by atoms with Crippen LogP contribution in [0.1, 0.15) is 31.2 Å². The standard InChI is InChI=1S/C27H30N8O4S/c1-3-19(36)32-15-6-4-7-16(15)33-24(37)23-22-21-17(8-11-28-25(21)40-23)35(27(38)34-22)18-13-31-20(12-14(18)2)39-26-29-9-5-10-30-26/h3,5,9-10,12-13,15-17,21,25,28H,1,4,6-8,11H2,2H3,(H,32,36)(H,33,37)(H,34,38)/t15-,16+,17?,21?,25?/m0/s1. The van der Waals surface area contributed by atoms with Crippen molar-refractivity contribution >= 4 is 35.3 Å². The number of rotatable bonds is 7. The number of aryl methyl sites for hydroxylation is 1. The van der Waals surface area contributed by atoms with Crippen molar-refractivity contribution < 1.29 is 19.1 Å². The third-order valence-electron chi connectivity index (χ3n) is 7.75. The van der Waals surface area contributed by atoms with Crippen LogP contribution in [0.2, 0.25) is 0 Å². The van der Waals surface area contributed by atoms with Gasteiger partial charge in [0.2, 0.25) is 11.8 Å². The van der Waals surface area contributed by atoms with Crippen LogP contribution in [0.3, 0.4) is 0 Å². The molecule has 0 bridgehead atoms. The summed E-state index contributed by atoms with van der Waals surface area (Å²) in [5.74, 6) is -0.238. The summed E-state index contributed by atoms with van der Waals surface area (Å²) in [7, 11) is 0. The van der Waals surface area contributed by atoms with Crippen molar-refractivity contribution in [3.05, 3.63) is 59.5 Å². The Kier molecular flexibility index (Phi) is 7.15. The summed E-state index contributed by atoms with van der Waals surface area (Å²) >= 11 is 1.45. The van der Waals surface area contributed by atoms with Gasteiger partial charge in [-0.25, -0.2) is 19.7 Å². The van der Waals surface area contributed by atoms with Crippen LogP contribution in [0, 0.1) is 12.8 Å². The van der Waals surface area contributed by atoms with E-state index in [9.17, 15) is 14.4 Å². The monoisotopic (exact) mass is 562 g/mol. The molecule has 13 heteroatoms. The molecule has 1 saturated carbocycles. The van der Waals surface area contributed by atoms with E-state index in [2.05, 4.69) is 42.8 Å². The Hall–Kier alpha value is -3.97. The number of anilines is 1. The number of amides is 4. The molecule has 40 heavy (non-hydrogen) atoms. The van der Waals surface area contributed by atoms with Crippen molar-refractivity contribution in [1.82, 2.24) is 36.2 Å². The second kappa shape index (κ2) is 10.9. The lowest BCUT2D eigenvalue weighted by Crippen LogP contribution is -2.62. The van der Waals surface area contributed by atoms with Crippen molar-refractivity contribution in [2.75, 3.05) is 11.4 Å². The lowest BCUT2D eigenvalue weighted by Gasteiger charge is -2.46. The maximum absolute atomic E-state index is 13.6. The van der Waals surface area contributed by atoms with E-state index >= 15 is 0 Å². The van der Waals surface area contributed by atoms with Gasteiger partial charge in [0.25, 0.3) is 5.91 Å². The highest BCUT2D eigenvalue weighted by Crippen LogP contribution is 2.48. The normalized spacial score (nSPS) is 27.1. The molecule has 4 aliphatic rings. The minimum absolute atomic E-state index is 0.0523. The predicted molar refractivity (Wildman–Crippen MR) is 148 cm³/mol. The van der Waals surface area contributed by atoms with Crippen molar-refractivity contribution in [2.24, 2.45) is 5.92 Å². The third kappa shape index (κ3) is 4.90. The number of urea groups is 1. The maximum Gasteiger partial charge on any atom is 0.326 e. The first-order chi connectivity index (χ1) is 19.4. The second-order valence-electron chi connectivity index (χ2n) is 10.2. The molecule has 4 amide bonds. The highest BCUT2D eigenvalue weighted by Gasteiger charge is 2.52. The summed E-state index contributed by atoms with van der Waals surface area (Å²) in [6, 6.07) is 2.87. The van der Waals surface area contributed by atoms with Gasteiger partial charge in [0.05, 0.1) is 28.2 Å². The zero-order valence-electron chi connectivity index (χ0n) is 21.9. The first-order valence-electron chi connectivity index (χ1n) is 13.3. The van der Waals surface area contributed by atoms with Gasteiger partial charge in [0, 0.05) is 42.2 Å². The fourth-order valence-electron chi connectivity index (χ4n) is 5.95. The zero-order chi connectivity index (χ0) is 27.8. The molecule has 2 aromatic rings. The summed E-state index contributed by atoms with van der Waals surface area (Å²) < 4.78 is 5.66. The Morgan fingerprint density at radius 1 is 1.18 bits per heavy atom. The number of carbonyl (C=O) groups excluding carboxylic acids is 3. The average Bonchev–Trinajstić information content (AvgIpc) is 3.55. The van der Waals surface area contributed by atoms with Gasteiger partial charge in [-0.2, -0.15) is 0 Å². The smallest absolute Gasteiger partial charge is 0.326 e. The summed E-state index contributed by atoms with van der Waals surface area (Å²) in [6.07, 6.45) is 9.24. The van der Waals surface area contributed by atoms with Crippen LogP contribution >= 0.6 is 11.8 Å². The van der Waals surface area contributed by atoms with Crippen molar-refractivity contribution in [2.45, 2.75) is 56.1 Å². The average molecular weight is 563 g/mol. The molecular weight excluding hydrogens is 532 g/mol. The van der Waals surface area contributed by atoms with E-state index in [0.717, 1.165) is 31.2 Å². The van der Waals surface area contributed by atoms with Gasteiger partial charge in [-0.05, 0) is 56.9 Å². The number of hydrogen-bond acceptors (Lipinski definition) is 9. The molecule has 5 atom stereocenters. The summed E-state index contributed by atoms with van der Waals surface area (Å²) in [4.78, 5) is 53.7. The Morgan fingerprint density at radius 2 is 1.95 bits per heavy atom. The van der Waals surface area contributed by atoms with Crippen LogP contribution in [0.5, 0.6) is 11.9 Å². The molecule has 208 valence electrons. The molecule has 3 fully saturated rings. The summed E-state index contributed by atoms with van der Waals surface area (Å²) in [5, 5.41) is 12.5. The molecular formula is C27H30N8O4S. The molecule has 0 spiro atoms. The topological polar surface area (TPSA) is 150 Å². The highest BCUT2D eigenvalue weighted by atomic mass is 32.2. The first-order valence-corrected chi connectivity index (χ1v) is 14.2. The van der Waals surface area contributed by atoms with E-state index in [0.29, 0.717) is 28.7 Å². The van der Waals surface area contributed by atoms with Crippen molar-refractivity contribution in [1.29, 1.82) is 0 Å². The van der Waals surface area contributed by atoms with Crippen LogP contribution in [-0.2, 0) is 9.59 Å². The molecule has 4 N–H and O–H groups in total. The van der Waals surface area contributed by atoms with Crippen LogP contribution in [-0.4, -0.2) is 62.8 Å². The molecule has 1 aliphatic carbocycles. The number of hydrogen-bond donors (Lipinski definition) is 4. The fraction of sp³-hybridized carbons (Fsp3) is 0.407. The van der Waals surface area contributed by atoms with Gasteiger partial charge in [0.15, 0.2) is 0 Å².